The van der Waals surface area contributed by atoms with Crippen molar-refractivity contribution in [1.82, 2.24) is 25.1 Å². The molecule has 160 valence electrons. The number of hydrogen-bond acceptors (Lipinski definition) is 7. The molecule has 0 fully saturated rings. The zero-order valence-corrected chi connectivity index (χ0v) is 18.6. The van der Waals surface area contributed by atoms with Crippen molar-refractivity contribution in [3.63, 3.8) is 0 Å². The topological polar surface area (TPSA) is 94.0 Å². The molecule has 0 bridgehead atoms. The molecule has 0 radical (unpaired) electrons. The van der Waals surface area contributed by atoms with Crippen LogP contribution in [0.15, 0.2) is 35.6 Å². The summed E-state index contributed by atoms with van der Waals surface area (Å²) < 4.78 is 6.90. The van der Waals surface area contributed by atoms with E-state index in [4.69, 9.17) is 16.3 Å². The molecule has 0 aliphatic heterocycles. The smallest absolute Gasteiger partial charge is 0.251 e. The first-order valence-electron chi connectivity index (χ1n) is 9.75. The van der Waals surface area contributed by atoms with Crippen LogP contribution in [0.2, 0.25) is 5.02 Å². The van der Waals surface area contributed by atoms with Crippen molar-refractivity contribution in [2.75, 3.05) is 37.9 Å². The van der Waals surface area contributed by atoms with Crippen LogP contribution >= 0.6 is 23.4 Å². The fraction of sp³-hybridized carbons (Fsp3) is 0.400. The van der Waals surface area contributed by atoms with Crippen LogP contribution in [0, 0.1) is 0 Å². The van der Waals surface area contributed by atoms with Crippen LogP contribution in [0.3, 0.4) is 0 Å². The zero-order valence-electron chi connectivity index (χ0n) is 17.0. The van der Waals surface area contributed by atoms with Crippen molar-refractivity contribution in [2.45, 2.75) is 25.0 Å². The maximum atomic E-state index is 12.3. The second-order valence-electron chi connectivity index (χ2n) is 6.49. The molecule has 0 aliphatic carbocycles. The predicted molar refractivity (Wildman–Crippen MR) is 120 cm³/mol. The molecular formula is C20H25ClN6O2S. The second-order valence-corrected chi connectivity index (χ2v) is 7.99. The van der Waals surface area contributed by atoms with Gasteiger partial charge in [0.2, 0.25) is 0 Å². The largest absolute Gasteiger partial charge is 0.383 e. The molecule has 8 nitrogen and oxygen atoms in total. The predicted octanol–water partition coefficient (Wildman–Crippen LogP) is 3.47. The number of fused-ring (bicyclic) bond motifs is 1. The third-order valence-corrected chi connectivity index (χ3v) is 5.49. The molecule has 0 spiro atoms. The van der Waals surface area contributed by atoms with Gasteiger partial charge in [0.05, 0.1) is 24.7 Å². The number of benzene rings is 1. The molecule has 2 aromatic heterocycles. The minimum absolute atomic E-state index is 0.176. The van der Waals surface area contributed by atoms with E-state index in [1.54, 1.807) is 54.0 Å². The van der Waals surface area contributed by atoms with Crippen LogP contribution in [0.4, 0.5) is 5.82 Å². The number of hydrogen-bond donors (Lipinski definition) is 2. The van der Waals surface area contributed by atoms with E-state index < -0.39 is 0 Å². The van der Waals surface area contributed by atoms with Crippen LogP contribution < -0.4 is 10.6 Å². The molecule has 0 atom stereocenters. The van der Waals surface area contributed by atoms with E-state index in [1.165, 1.54) is 0 Å². The van der Waals surface area contributed by atoms with Crippen molar-refractivity contribution >= 4 is 46.1 Å². The fourth-order valence-corrected chi connectivity index (χ4v) is 3.65. The quantitative estimate of drug-likeness (QED) is 0.263. The molecule has 0 unspecified atom stereocenters. The molecule has 30 heavy (non-hydrogen) atoms. The van der Waals surface area contributed by atoms with Crippen molar-refractivity contribution in [2.24, 2.45) is 0 Å². The van der Waals surface area contributed by atoms with Crippen LogP contribution in [-0.2, 0) is 11.3 Å². The Balaban J connectivity index is 1.73. The van der Waals surface area contributed by atoms with Gasteiger partial charge in [-0.3, -0.25) is 4.79 Å². The van der Waals surface area contributed by atoms with Crippen LogP contribution in [0.1, 0.15) is 23.7 Å². The summed E-state index contributed by atoms with van der Waals surface area (Å²) in [7, 11) is 1.66. The van der Waals surface area contributed by atoms with Gasteiger partial charge in [0.15, 0.2) is 10.8 Å². The lowest BCUT2D eigenvalue weighted by Gasteiger charge is -2.10. The number of aromatic nitrogens is 4. The third-order valence-electron chi connectivity index (χ3n) is 4.21. The summed E-state index contributed by atoms with van der Waals surface area (Å²) in [4.78, 5) is 21.6. The Labute approximate surface area is 184 Å². The normalized spacial score (nSPS) is 11.0. The van der Waals surface area contributed by atoms with Crippen LogP contribution in [0.5, 0.6) is 0 Å². The number of methoxy groups -OCH3 is 1. The van der Waals surface area contributed by atoms with Gasteiger partial charge in [0.25, 0.3) is 5.91 Å². The summed E-state index contributed by atoms with van der Waals surface area (Å²) in [5.41, 5.74) is 1.26. The highest BCUT2D eigenvalue weighted by molar-refractivity contribution is 7.99. The number of amides is 1. The lowest BCUT2D eigenvalue weighted by Crippen LogP contribution is -2.27. The first kappa shape index (κ1) is 22.3. The molecule has 1 amide bonds. The third kappa shape index (κ3) is 5.84. The van der Waals surface area contributed by atoms with Crippen LogP contribution in [0.25, 0.3) is 11.0 Å². The zero-order chi connectivity index (χ0) is 21.3. The van der Waals surface area contributed by atoms with Crippen molar-refractivity contribution in [1.29, 1.82) is 0 Å². The number of nitrogens with one attached hydrogen (secondary N) is 2. The van der Waals surface area contributed by atoms with Gasteiger partial charge in [-0.25, -0.2) is 14.6 Å². The Morgan fingerprint density at radius 2 is 2.17 bits per heavy atom. The maximum Gasteiger partial charge on any atom is 0.251 e. The maximum absolute atomic E-state index is 12.3. The van der Waals surface area contributed by atoms with Crippen molar-refractivity contribution in [3.8, 4) is 0 Å². The molecule has 3 aromatic rings. The lowest BCUT2D eigenvalue weighted by molar-refractivity contribution is 0.0952. The second kappa shape index (κ2) is 11.1. The number of rotatable bonds is 11. The summed E-state index contributed by atoms with van der Waals surface area (Å²) >= 11 is 7.57. The molecule has 0 saturated carbocycles. The van der Waals surface area contributed by atoms with Gasteiger partial charge in [0.1, 0.15) is 5.82 Å². The summed E-state index contributed by atoms with van der Waals surface area (Å²) in [6.45, 7) is 4.24. The number of anilines is 1. The number of halogens is 1. The average molecular weight is 449 g/mol. The number of nitrogens with zero attached hydrogens (tertiary/aromatic N) is 4. The van der Waals surface area contributed by atoms with Gasteiger partial charge in [-0.2, -0.15) is 5.10 Å². The Morgan fingerprint density at radius 1 is 1.30 bits per heavy atom. The van der Waals surface area contributed by atoms with Crippen molar-refractivity contribution < 1.29 is 9.53 Å². The summed E-state index contributed by atoms with van der Waals surface area (Å²) in [5, 5.41) is 12.7. The standard InChI is InChI=1S/C20H25ClN6O2S/c1-3-11-30-20-25-17(22-8-10-29-2)16-13-24-27(18(16)26-20)9-7-23-19(28)14-5-4-6-15(21)12-14/h4-6,12-13H,3,7-11H2,1-2H3,(H,23,28)(H,22,25,26). The average Bonchev–Trinajstić information content (AvgIpc) is 3.15. The summed E-state index contributed by atoms with van der Waals surface area (Å²) in [6.07, 6.45) is 2.78. The Kier molecular flexibility index (Phi) is 8.30. The van der Waals surface area contributed by atoms with E-state index >= 15 is 0 Å². The van der Waals surface area contributed by atoms with Gasteiger partial charge >= 0.3 is 0 Å². The van der Waals surface area contributed by atoms with Gasteiger partial charge < -0.3 is 15.4 Å². The van der Waals surface area contributed by atoms with Gasteiger partial charge in [-0.15, -0.1) is 0 Å². The SMILES string of the molecule is CCCSc1nc(NCCOC)c2cnn(CCNC(=O)c3cccc(Cl)c3)c2n1. The van der Waals surface area contributed by atoms with Gasteiger partial charge in [-0.1, -0.05) is 36.4 Å². The van der Waals surface area contributed by atoms with Crippen molar-refractivity contribution in [3.05, 3.63) is 41.0 Å². The molecule has 0 saturated heterocycles. The molecule has 0 aliphatic rings. The molecule has 1 aromatic carbocycles. The number of ether oxygens (including phenoxy) is 1. The Hall–Kier alpha value is -2.36. The van der Waals surface area contributed by atoms with E-state index in [9.17, 15) is 4.79 Å². The Morgan fingerprint density at radius 3 is 2.93 bits per heavy atom. The fourth-order valence-electron chi connectivity index (χ4n) is 2.77. The van der Waals surface area contributed by atoms with Crippen LogP contribution in [-0.4, -0.2) is 58.2 Å². The number of carbonyl (C=O) groups excluding carboxylic acids is 1. The summed E-state index contributed by atoms with van der Waals surface area (Å²) in [6, 6.07) is 6.86. The molecule has 3 rings (SSSR count). The summed E-state index contributed by atoms with van der Waals surface area (Å²) in [5.74, 6) is 1.50. The van der Waals surface area contributed by atoms with E-state index in [0.717, 1.165) is 29.0 Å². The molecule has 2 heterocycles. The minimum atomic E-state index is -0.176. The Bertz CT molecular complexity index is 997. The minimum Gasteiger partial charge on any atom is -0.383 e. The van der Waals surface area contributed by atoms with Gasteiger partial charge in [0, 0.05) is 36.5 Å². The monoisotopic (exact) mass is 448 g/mol. The first-order valence-corrected chi connectivity index (χ1v) is 11.1. The highest BCUT2D eigenvalue weighted by Gasteiger charge is 2.14. The van der Waals surface area contributed by atoms with E-state index in [0.29, 0.717) is 42.0 Å². The highest BCUT2D eigenvalue weighted by Crippen LogP contribution is 2.24. The van der Waals surface area contributed by atoms with Gasteiger partial charge in [-0.05, 0) is 24.6 Å². The lowest BCUT2D eigenvalue weighted by atomic mass is 10.2. The molecular weight excluding hydrogens is 424 g/mol. The number of thioether (sulfide) groups is 1. The molecule has 10 heteroatoms. The molecule has 2 N–H and O–H groups in total. The van der Waals surface area contributed by atoms with E-state index in [1.807, 2.05) is 0 Å². The van der Waals surface area contributed by atoms with E-state index in [-0.39, 0.29) is 5.91 Å². The van der Waals surface area contributed by atoms with E-state index in [2.05, 4.69) is 32.6 Å². The number of carbonyl (C=O) groups is 1. The highest BCUT2D eigenvalue weighted by atomic mass is 35.5. The first-order chi connectivity index (χ1) is 14.6.